The predicted molar refractivity (Wildman–Crippen MR) is 96.2 cm³/mol. The third-order valence-corrected chi connectivity index (χ3v) is 4.47. The summed E-state index contributed by atoms with van der Waals surface area (Å²) in [6.45, 7) is 3.38. The number of halogens is 1. The van der Waals surface area contributed by atoms with E-state index in [0.717, 1.165) is 42.0 Å². The molecule has 1 aliphatic carbocycles. The summed E-state index contributed by atoms with van der Waals surface area (Å²) in [6.07, 6.45) is 2.20. The van der Waals surface area contributed by atoms with Gasteiger partial charge in [-0.2, -0.15) is 5.10 Å². The van der Waals surface area contributed by atoms with E-state index in [9.17, 15) is 4.79 Å². The van der Waals surface area contributed by atoms with Gasteiger partial charge in [-0.1, -0.05) is 17.7 Å². The van der Waals surface area contributed by atoms with Crippen molar-refractivity contribution in [2.45, 2.75) is 25.7 Å². The number of hydrogen-bond acceptors (Lipinski definition) is 3. The van der Waals surface area contributed by atoms with Crippen LogP contribution in [0.2, 0.25) is 5.02 Å². The topological polar surface area (TPSA) is 50.2 Å². The highest BCUT2D eigenvalue weighted by Gasteiger charge is 2.33. The smallest absolute Gasteiger partial charge is 0.255 e. The predicted octanol–water partition coefficient (Wildman–Crippen LogP) is 3.00. The van der Waals surface area contributed by atoms with Crippen LogP contribution in [-0.2, 0) is 0 Å². The monoisotopic (exact) mass is 346 g/mol. The fourth-order valence-electron chi connectivity index (χ4n) is 2.79. The molecule has 0 unspecified atom stereocenters. The maximum absolute atomic E-state index is 12.7. The van der Waals surface area contributed by atoms with E-state index in [0.29, 0.717) is 17.5 Å². The Balaban J connectivity index is 1.92. The Bertz CT molecular complexity index is 749. The van der Waals surface area contributed by atoms with Crippen molar-refractivity contribution in [1.82, 2.24) is 20.0 Å². The molecule has 0 atom stereocenters. The van der Waals surface area contributed by atoms with Crippen molar-refractivity contribution in [1.29, 1.82) is 0 Å². The second-order valence-electron chi connectivity index (χ2n) is 6.57. The molecule has 0 aliphatic heterocycles. The molecular formula is C18H23ClN4O. The molecule has 1 saturated carbocycles. The number of carbonyl (C=O) groups is 1. The molecule has 24 heavy (non-hydrogen) atoms. The molecule has 3 rings (SSSR count). The van der Waals surface area contributed by atoms with Crippen LogP contribution >= 0.6 is 11.6 Å². The summed E-state index contributed by atoms with van der Waals surface area (Å²) in [6, 6.07) is 7.55. The number of amides is 1. The zero-order chi connectivity index (χ0) is 17.3. The Kier molecular flexibility index (Phi) is 4.92. The molecule has 6 heteroatoms. The van der Waals surface area contributed by atoms with Gasteiger partial charge in [0, 0.05) is 24.0 Å². The molecule has 128 valence electrons. The maximum Gasteiger partial charge on any atom is 0.255 e. The Hall–Kier alpha value is -1.85. The molecule has 1 fully saturated rings. The number of rotatable bonds is 6. The summed E-state index contributed by atoms with van der Waals surface area (Å²) in [5.41, 5.74) is 3.38. The second-order valence-corrected chi connectivity index (χ2v) is 7.01. The fraction of sp³-hybridized carbons (Fsp3) is 0.444. The minimum Gasteiger partial charge on any atom is -0.351 e. The lowest BCUT2D eigenvalue weighted by Gasteiger charge is -2.11. The average molecular weight is 347 g/mol. The Morgan fingerprint density at radius 3 is 2.79 bits per heavy atom. The van der Waals surface area contributed by atoms with Crippen molar-refractivity contribution in [2.24, 2.45) is 0 Å². The van der Waals surface area contributed by atoms with E-state index in [1.54, 1.807) is 0 Å². The number of nitrogens with one attached hydrogen (secondary N) is 1. The van der Waals surface area contributed by atoms with Crippen LogP contribution < -0.4 is 5.32 Å². The number of aromatic nitrogens is 2. The van der Waals surface area contributed by atoms with Crippen LogP contribution in [0.3, 0.4) is 0 Å². The number of likely N-dealkylation sites (N-methyl/N-ethyl adjacent to an activating group) is 1. The first kappa shape index (κ1) is 17.0. The van der Waals surface area contributed by atoms with Crippen molar-refractivity contribution in [3.8, 4) is 5.69 Å². The molecule has 2 aromatic rings. The first-order valence-corrected chi connectivity index (χ1v) is 8.63. The Morgan fingerprint density at radius 2 is 2.17 bits per heavy atom. The molecule has 1 N–H and O–H groups in total. The van der Waals surface area contributed by atoms with Gasteiger partial charge in [-0.3, -0.25) is 4.79 Å². The first-order chi connectivity index (χ1) is 11.5. The molecule has 1 amide bonds. The van der Waals surface area contributed by atoms with Gasteiger partial charge < -0.3 is 10.2 Å². The van der Waals surface area contributed by atoms with Gasteiger partial charge in [0.25, 0.3) is 5.91 Å². The fourth-order valence-corrected chi connectivity index (χ4v) is 2.97. The Labute approximate surface area is 147 Å². The standard InChI is InChI=1S/C18H23ClN4O/c1-12-16(18(24)20-9-10-22(2)3)17(13-7-8-13)21-23(12)15-6-4-5-14(19)11-15/h4-6,11,13H,7-10H2,1-3H3,(H,20,24). The molecule has 0 saturated heterocycles. The minimum atomic E-state index is -0.0375. The van der Waals surface area contributed by atoms with E-state index in [2.05, 4.69) is 5.32 Å². The van der Waals surface area contributed by atoms with Crippen molar-refractivity contribution < 1.29 is 4.79 Å². The van der Waals surface area contributed by atoms with Crippen molar-refractivity contribution in [3.05, 3.63) is 46.2 Å². The van der Waals surface area contributed by atoms with Gasteiger partial charge in [-0.15, -0.1) is 0 Å². The van der Waals surface area contributed by atoms with Crippen molar-refractivity contribution >= 4 is 17.5 Å². The molecule has 1 heterocycles. The summed E-state index contributed by atoms with van der Waals surface area (Å²) in [5, 5.41) is 8.40. The molecule has 1 aromatic carbocycles. The minimum absolute atomic E-state index is 0.0375. The van der Waals surface area contributed by atoms with Crippen LogP contribution in [0.4, 0.5) is 0 Å². The van der Waals surface area contributed by atoms with Gasteiger partial charge in [-0.05, 0) is 52.1 Å². The van der Waals surface area contributed by atoms with E-state index in [1.165, 1.54) is 0 Å². The van der Waals surface area contributed by atoms with Crippen LogP contribution in [0.1, 0.15) is 40.5 Å². The highest BCUT2D eigenvalue weighted by Crippen LogP contribution is 2.42. The molecule has 1 aromatic heterocycles. The summed E-state index contributed by atoms with van der Waals surface area (Å²) < 4.78 is 1.83. The van der Waals surface area contributed by atoms with Gasteiger partial charge in [0.2, 0.25) is 0 Å². The SMILES string of the molecule is Cc1c(C(=O)NCCN(C)C)c(C2CC2)nn1-c1cccc(Cl)c1. The quantitative estimate of drug-likeness (QED) is 0.874. The van der Waals surface area contributed by atoms with E-state index >= 15 is 0 Å². The number of nitrogens with zero attached hydrogens (tertiary/aromatic N) is 3. The highest BCUT2D eigenvalue weighted by molar-refractivity contribution is 6.30. The zero-order valence-electron chi connectivity index (χ0n) is 14.3. The second kappa shape index (κ2) is 6.95. The normalized spacial score (nSPS) is 14.2. The van der Waals surface area contributed by atoms with Gasteiger partial charge >= 0.3 is 0 Å². The van der Waals surface area contributed by atoms with Crippen LogP contribution in [0.15, 0.2) is 24.3 Å². The lowest BCUT2D eigenvalue weighted by molar-refractivity contribution is 0.0949. The average Bonchev–Trinajstić information content (AvgIpc) is 3.30. The number of carbonyl (C=O) groups excluding carboxylic acids is 1. The summed E-state index contributed by atoms with van der Waals surface area (Å²) in [7, 11) is 3.98. The third-order valence-electron chi connectivity index (χ3n) is 4.23. The summed E-state index contributed by atoms with van der Waals surface area (Å²) >= 11 is 6.10. The van der Waals surface area contributed by atoms with E-state index in [1.807, 2.05) is 54.9 Å². The van der Waals surface area contributed by atoms with E-state index < -0.39 is 0 Å². The van der Waals surface area contributed by atoms with Crippen LogP contribution in [0.5, 0.6) is 0 Å². The van der Waals surface area contributed by atoms with Crippen molar-refractivity contribution in [2.75, 3.05) is 27.2 Å². The first-order valence-electron chi connectivity index (χ1n) is 8.25. The zero-order valence-corrected chi connectivity index (χ0v) is 15.1. The molecule has 0 radical (unpaired) electrons. The summed E-state index contributed by atoms with van der Waals surface area (Å²) in [4.78, 5) is 14.7. The molecule has 0 bridgehead atoms. The van der Waals surface area contributed by atoms with E-state index in [-0.39, 0.29) is 5.91 Å². The third kappa shape index (κ3) is 3.62. The maximum atomic E-state index is 12.7. The molecule has 5 nitrogen and oxygen atoms in total. The lowest BCUT2D eigenvalue weighted by Crippen LogP contribution is -2.32. The largest absolute Gasteiger partial charge is 0.351 e. The van der Waals surface area contributed by atoms with Crippen LogP contribution in [0, 0.1) is 6.92 Å². The van der Waals surface area contributed by atoms with Crippen LogP contribution in [0.25, 0.3) is 5.69 Å². The number of benzene rings is 1. The van der Waals surface area contributed by atoms with Crippen LogP contribution in [-0.4, -0.2) is 47.8 Å². The lowest BCUT2D eigenvalue weighted by atomic mass is 10.1. The van der Waals surface area contributed by atoms with Gasteiger partial charge in [-0.25, -0.2) is 4.68 Å². The van der Waals surface area contributed by atoms with Crippen molar-refractivity contribution in [3.63, 3.8) is 0 Å². The van der Waals surface area contributed by atoms with E-state index in [4.69, 9.17) is 16.7 Å². The van der Waals surface area contributed by atoms with Gasteiger partial charge in [0.1, 0.15) is 0 Å². The highest BCUT2D eigenvalue weighted by atomic mass is 35.5. The van der Waals surface area contributed by atoms with Gasteiger partial charge in [0.05, 0.1) is 22.6 Å². The molecule has 0 spiro atoms. The molecule has 1 aliphatic rings. The number of hydrogen-bond donors (Lipinski definition) is 1. The Morgan fingerprint density at radius 1 is 1.42 bits per heavy atom. The molecular weight excluding hydrogens is 324 g/mol. The van der Waals surface area contributed by atoms with Gasteiger partial charge in [0.15, 0.2) is 0 Å². The summed E-state index contributed by atoms with van der Waals surface area (Å²) in [5.74, 6) is 0.364.